The Balaban J connectivity index is 1.61. The minimum Gasteiger partial charge on any atom is -0.388 e. The Hall–Kier alpha value is -0.200. The Bertz CT molecular complexity index is 233. The zero-order chi connectivity index (χ0) is 12.3. The summed E-state index contributed by atoms with van der Waals surface area (Å²) < 4.78 is 21.8. The van der Waals surface area contributed by atoms with Crippen LogP contribution in [0, 0.1) is 5.92 Å². The number of hydrogen-bond acceptors (Lipinski definition) is 5. The zero-order valence-electron chi connectivity index (χ0n) is 10.5. The number of rotatable bonds is 6. The first kappa shape index (κ1) is 13.2. The van der Waals surface area contributed by atoms with Gasteiger partial charge in [0.2, 0.25) is 0 Å². The Labute approximate surface area is 102 Å². The van der Waals surface area contributed by atoms with Crippen molar-refractivity contribution in [3.05, 3.63) is 0 Å². The summed E-state index contributed by atoms with van der Waals surface area (Å²) in [5, 5.41) is 9.55. The maximum absolute atomic E-state index is 9.55. The van der Waals surface area contributed by atoms with E-state index < -0.39 is 6.10 Å². The quantitative estimate of drug-likeness (QED) is 0.548. The van der Waals surface area contributed by atoms with E-state index in [1.165, 1.54) is 0 Å². The van der Waals surface area contributed by atoms with Crippen LogP contribution >= 0.6 is 0 Å². The molecule has 0 amide bonds. The van der Waals surface area contributed by atoms with Crippen LogP contribution in [0.15, 0.2) is 0 Å². The molecule has 2 rings (SSSR count). The van der Waals surface area contributed by atoms with E-state index in [0.29, 0.717) is 25.7 Å². The van der Waals surface area contributed by atoms with Gasteiger partial charge in [-0.05, 0) is 12.3 Å². The highest BCUT2D eigenvalue weighted by Crippen LogP contribution is 2.28. The molecule has 0 unspecified atom stereocenters. The molecular weight excluding hydrogens is 224 g/mol. The van der Waals surface area contributed by atoms with Crippen LogP contribution in [0.1, 0.15) is 20.3 Å². The van der Waals surface area contributed by atoms with E-state index in [2.05, 4.69) is 13.8 Å². The van der Waals surface area contributed by atoms with Gasteiger partial charge in [-0.2, -0.15) is 0 Å². The lowest BCUT2D eigenvalue weighted by atomic mass is 10.1. The van der Waals surface area contributed by atoms with Crippen LogP contribution in [0.2, 0.25) is 0 Å². The van der Waals surface area contributed by atoms with E-state index in [4.69, 9.17) is 18.9 Å². The second-order valence-corrected chi connectivity index (χ2v) is 5.08. The minimum atomic E-state index is -0.518. The Morgan fingerprint density at radius 3 is 2.76 bits per heavy atom. The first-order chi connectivity index (χ1) is 8.18. The lowest BCUT2D eigenvalue weighted by Crippen LogP contribution is -2.33. The summed E-state index contributed by atoms with van der Waals surface area (Å²) in [4.78, 5) is 0. The van der Waals surface area contributed by atoms with Crippen molar-refractivity contribution in [1.82, 2.24) is 0 Å². The third-order valence-electron chi connectivity index (χ3n) is 3.19. The molecule has 0 saturated carbocycles. The van der Waals surface area contributed by atoms with Crippen molar-refractivity contribution in [3.63, 3.8) is 0 Å². The van der Waals surface area contributed by atoms with Crippen molar-refractivity contribution >= 4 is 0 Å². The number of aliphatic hydroxyl groups excluding tert-OH is 1. The van der Waals surface area contributed by atoms with Gasteiger partial charge < -0.3 is 24.1 Å². The Morgan fingerprint density at radius 1 is 1.24 bits per heavy atom. The second-order valence-electron chi connectivity index (χ2n) is 5.08. The molecule has 0 aromatic carbocycles. The molecule has 0 aromatic rings. The number of hydrogen-bond donors (Lipinski definition) is 1. The molecule has 5 nitrogen and oxygen atoms in total. The van der Waals surface area contributed by atoms with E-state index >= 15 is 0 Å². The topological polar surface area (TPSA) is 57.2 Å². The van der Waals surface area contributed by atoms with Gasteiger partial charge in [0.15, 0.2) is 0 Å². The third kappa shape index (κ3) is 3.39. The SMILES string of the molecule is CC(C)CCOCO[C@@H]1CO[C@H]2[C@@H]1OC[C@@H]2O. The second kappa shape index (κ2) is 6.11. The Morgan fingerprint density at radius 2 is 2.00 bits per heavy atom. The van der Waals surface area contributed by atoms with E-state index in [9.17, 15) is 5.11 Å². The standard InChI is InChI=1S/C12H22O5/c1-8(2)3-4-14-7-17-10-6-16-11-9(13)5-15-12(10)11/h8-13H,3-7H2,1-2H3/t9-,10+,11+,12+/m0/s1. The van der Waals surface area contributed by atoms with Crippen LogP contribution in [0.25, 0.3) is 0 Å². The van der Waals surface area contributed by atoms with Crippen molar-refractivity contribution in [2.45, 2.75) is 44.7 Å². The van der Waals surface area contributed by atoms with Gasteiger partial charge in [-0.3, -0.25) is 0 Å². The van der Waals surface area contributed by atoms with Gasteiger partial charge >= 0.3 is 0 Å². The molecule has 0 spiro atoms. The summed E-state index contributed by atoms with van der Waals surface area (Å²) in [5.41, 5.74) is 0. The van der Waals surface area contributed by atoms with Crippen molar-refractivity contribution in [2.75, 3.05) is 26.6 Å². The van der Waals surface area contributed by atoms with Crippen molar-refractivity contribution in [2.24, 2.45) is 5.92 Å². The van der Waals surface area contributed by atoms with E-state index in [-0.39, 0.29) is 25.1 Å². The molecule has 2 saturated heterocycles. The van der Waals surface area contributed by atoms with Gasteiger partial charge in [0.05, 0.1) is 13.2 Å². The summed E-state index contributed by atoms with van der Waals surface area (Å²) in [6, 6.07) is 0. The molecule has 2 aliphatic heterocycles. The van der Waals surface area contributed by atoms with Crippen LogP contribution in [0.4, 0.5) is 0 Å². The molecule has 0 radical (unpaired) electrons. The number of ether oxygens (including phenoxy) is 4. The maximum atomic E-state index is 9.55. The number of fused-ring (bicyclic) bond motifs is 1. The summed E-state index contributed by atoms with van der Waals surface area (Å²) in [6.45, 7) is 6.11. The lowest BCUT2D eigenvalue weighted by Gasteiger charge is -2.16. The molecule has 0 aromatic heterocycles. The molecule has 0 aliphatic carbocycles. The molecule has 2 fully saturated rings. The molecule has 4 atom stereocenters. The maximum Gasteiger partial charge on any atom is 0.147 e. The smallest absolute Gasteiger partial charge is 0.147 e. The molecule has 1 N–H and O–H groups in total. The van der Waals surface area contributed by atoms with Gasteiger partial charge in [0, 0.05) is 6.61 Å². The molecule has 0 bridgehead atoms. The van der Waals surface area contributed by atoms with Gasteiger partial charge in [-0.15, -0.1) is 0 Å². The fourth-order valence-electron chi connectivity index (χ4n) is 2.10. The summed E-state index contributed by atoms with van der Waals surface area (Å²) in [7, 11) is 0. The van der Waals surface area contributed by atoms with Crippen molar-refractivity contribution in [1.29, 1.82) is 0 Å². The first-order valence-corrected chi connectivity index (χ1v) is 6.29. The molecule has 17 heavy (non-hydrogen) atoms. The highest BCUT2D eigenvalue weighted by Gasteiger charge is 2.47. The lowest BCUT2D eigenvalue weighted by molar-refractivity contribution is -0.120. The minimum absolute atomic E-state index is 0.115. The fourth-order valence-corrected chi connectivity index (χ4v) is 2.10. The summed E-state index contributed by atoms with van der Waals surface area (Å²) >= 11 is 0. The summed E-state index contributed by atoms with van der Waals surface area (Å²) in [6.07, 6.45) is 0.0345. The van der Waals surface area contributed by atoms with Crippen LogP contribution in [0.3, 0.4) is 0 Å². The van der Waals surface area contributed by atoms with Crippen LogP contribution in [-0.4, -0.2) is 56.1 Å². The van der Waals surface area contributed by atoms with Crippen LogP contribution in [0.5, 0.6) is 0 Å². The predicted octanol–water partition coefficient (Wildman–Crippen LogP) is 0.550. The van der Waals surface area contributed by atoms with E-state index in [1.807, 2.05) is 0 Å². The molecule has 5 heteroatoms. The average Bonchev–Trinajstić information content (AvgIpc) is 2.82. The van der Waals surface area contributed by atoms with Crippen LogP contribution in [-0.2, 0) is 18.9 Å². The molecular formula is C12H22O5. The monoisotopic (exact) mass is 246 g/mol. The van der Waals surface area contributed by atoms with Crippen LogP contribution < -0.4 is 0 Å². The van der Waals surface area contributed by atoms with Crippen molar-refractivity contribution < 1.29 is 24.1 Å². The highest BCUT2D eigenvalue weighted by atomic mass is 16.7. The highest BCUT2D eigenvalue weighted by molar-refractivity contribution is 4.94. The third-order valence-corrected chi connectivity index (χ3v) is 3.19. The fraction of sp³-hybridized carbons (Fsp3) is 1.00. The first-order valence-electron chi connectivity index (χ1n) is 6.29. The Kier molecular flexibility index (Phi) is 4.76. The van der Waals surface area contributed by atoms with E-state index in [1.54, 1.807) is 0 Å². The van der Waals surface area contributed by atoms with E-state index in [0.717, 1.165) is 6.42 Å². The van der Waals surface area contributed by atoms with Gasteiger partial charge in [-0.1, -0.05) is 13.8 Å². The van der Waals surface area contributed by atoms with Gasteiger partial charge in [-0.25, -0.2) is 0 Å². The average molecular weight is 246 g/mol. The molecule has 2 aliphatic rings. The van der Waals surface area contributed by atoms with Gasteiger partial charge in [0.1, 0.15) is 31.2 Å². The zero-order valence-corrected chi connectivity index (χ0v) is 10.5. The van der Waals surface area contributed by atoms with Crippen molar-refractivity contribution in [3.8, 4) is 0 Å². The van der Waals surface area contributed by atoms with Gasteiger partial charge in [0.25, 0.3) is 0 Å². The largest absolute Gasteiger partial charge is 0.388 e. The molecule has 100 valence electrons. The summed E-state index contributed by atoms with van der Waals surface area (Å²) in [5.74, 6) is 0.641. The number of aliphatic hydroxyl groups is 1. The molecule has 2 heterocycles. The normalized spacial score (nSPS) is 36.7. The predicted molar refractivity (Wildman–Crippen MR) is 60.6 cm³/mol.